The first kappa shape index (κ1) is 21.7. The number of rotatable bonds is 11. The average molecular weight is 376 g/mol. The van der Waals surface area contributed by atoms with E-state index < -0.39 is 5.60 Å². The Morgan fingerprint density at radius 1 is 1.19 bits per heavy atom. The Morgan fingerprint density at radius 3 is 2.56 bits per heavy atom. The number of hydrogen-bond acceptors (Lipinski definition) is 3. The van der Waals surface area contributed by atoms with Crippen molar-refractivity contribution in [2.75, 3.05) is 11.9 Å². The van der Waals surface area contributed by atoms with Crippen LogP contribution in [0.25, 0.3) is 0 Å². The van der Waals surface area contributed by atoms with Gasteiger partial charge in [0.25, 0.3) is 5.91 Å². The van der Waals surface area contributed by atoms with Crippen LogP contribution >= 0.6 is 0 Å². The van der Waals surface area contributed by atoms with Crippen molar-refractivity contribution in [1.82, 2.24) is 0 Å². The number of carbonyl (C=O) groups is 1. The maximum Gasteiger partial charge on any atom is 0.256 e. The Kier molecular flexibility index (Phi) is 8.62. The van der Waals surface area contributed by atoms with Crippen molar-refractivity contribution in [2.24, 2.45) is 0 Å². The fraction of sp³-hybridized carbons (Fsp3) is 0.696. The Hall–Kier alpha value is -1.55. The van der Waals surface area contributed by atoms with Crippen molar-refractivity contribution in [3.05, 3.63) is 23.8 Å². The van der Waals surface area contributed by atoms with Crippen LogP contribution in [0.1, 0.15) is 84.1 Å². The van der Waals surface area contributed by atoms with E-state index in [9.17, 15) is 4.79 Å². The first-order valence-electron chi connectivity index (χ1n) is 10.7. The molecule has 1 N–H and O–H groups in total. The number of unbranched alkanes of at least 4 members (excludes halogenated alkanes) is 2. The highest BCUT2D eigenvalue weighted by Crippen LogP contribution is 2.29. The molecule has 152 valence electrons. The summed E-state index contributed by atoms with van der Waals surface area (Å²) in [5, 5.41) is 3.06. The molecule has 0 bridgehead atoms. The summed E-state index contributed by atoms with van der Waals surface area (Å²) in [6.07, 6.45) is 10.0. The molecule has 0 radical (unpaired) electrons. The minimum Gasteiger partial charge on any atom is -0.490 e. The van der Waals surface area contributed by atoms with Crippen molar-refractivity contribution < 1.29 is 14.3 Å². The second kappa shape index (κ2) is 10.7. The summed E-state index contributed by atoms with van der Waals surface area (Å²) in [5.74, 6) is 0.865. The van der Waals surface area contributed by atoms with Crippen molar-refractivity contribution in [1.29, 1.82) is 0 Å². The molecule has 1 saturated carbocycles. The minimum absolute atomic E-state index is 0.0593. The highest BCUT2D eigenvalue weighted by atomic mass is 16.5. The molecule has 1 aromatic carbocycles. The highest BCUT2D eigenvalue weighted by molar-refractivity contribution is 5.97. The number of ether oxygens (including phenoxy) is 2. The van der Waals surface area contributed by atoms with E-state index in [-0.39, 0.29) is 5.91 Å². The lowest BCUT2D eigenvalue weighted by Gasteiger charge is -2.29. The van der Waals surface area contributed by atoms with Crippen molar-refractivity contribution >= 4 is 11.6 Å². The van der Waals surface area contributed by atoms with Crippen molar-refractivity contribution in [2.45, 2.75) is 97.2 Å². The third-order valence-electron chi connectivity index (χ3n) is 5.39. The lowest BCUT2D eigenvalue weighted by atomic mass is 9.96. The van der Waals surface area contributed by atoms with E-state index in [2.05, 4.69) is 19.2 Å². The van der Waals surface area contributed by atoms with Gasteiger partial charge in [0.1, 0.15) is 11.4 Å². The largest absolute Gasteiger partial charge is 0.490 e. The molecule has 1 aliphatic rings. The number of benzene rings is 1. The Morgan fingerprint density at radius 2 is 1.93 bits per heavy atom. The van der Waals surface area contributed by atoms with E-state index >= 15 is 0 Å². The van der Waals surface area contributed by atoms with E-state index in [4.69, 9.17) is 9.47 Å². The molecule has 2 rings (SSSR count). The van der Waals surface area contributed by atoms with E-state index in [1.807, 2.05) is 32.0 Å². The zero-order valence-corrected chi connectivity index (χ0v) is 17.6. The first-order chi connectivity index (χ1) is 13.0. The van der Waals surface area contributed by atoms with Gasteiger partial charge in [0.05, 0.1) is 6.10 Å². The van der Waals surface area contributed by atoms with Crippen LogP contribution in [0.5, 0.6) is 5.75 Å². The summed E-state index contributed by atoms with van der Waals surface area (Å²) in [6.45, 7) is 8.79. The lowest BCUT2D eigenvalue weighted by molar-refractivity contribution is -0.140. The van der Waals surface area contributed by atoms with Gasteiger partial charge in [-0.25, -0.2) is 0 Å². The summed E-state index contributed by atoms with van der Waals surface area (Å²) in [5.41, 5.74) is 1.08. The van der Waals surface area contributed by atoms with Crippen molar-refractivity contribution in [3.8, 4) is 5.75 Å². The molecule has 1 atom stereocenters. The van der Waals surface area contributed by atoms with Gasteiger partial charge in [0.15, 0.2) is 0 Å². The Balaban J connectivity index is 2.01. The molecule has 0 spiro atoms. The number of anilines is 1. The number of hydrogen-bond donors (Lipinski definition) is 1. The Bertz CT molecular complexity index is 595. The molecule has 0 unspecified atom stereocenters. The number of amides is 1. The van der Waals surface area contributed by atoms with Crippen LogP contribution in [0.2, 0.25) is 0 Å². The SMILES string of the molecule is CCCCC[C@@](C)(OCCC)C(=O)Nc1ccc(OC2CCCC2)c(C)c1. The molecule has 0 aromatic heterocycles. The van der Waals surface area contributed by atoms with Gasteiger partial charge in [-0.3, -0.25) is 4.79 Å². The second-order valence-electron chi connectivity index (χ2n) is 8.00. The minimum atomic E-state index is -0.780. The molecular formula is C23H37NO3. The fourth-order valence-corrected chi connectivity index (χ4v) is 3.60. The molecular weight excluding hydrogens is 338 g/mol. The number of aryl methyl sites for hydroxylation is 1. The van der Waals surface area contributed by atoms with Gasteiger partial charge in [-0.15, -0.1) is 0 Å². The van der Waals surface area contributed by atoms with Gasteiger partial charge >= 0.3 is 0 Å². The summed E-state index contributed by atoms with van der Waals surface area (Å²) in [4.78, 5) is 12.9. The van der Waals surface area contributed by atoms with Gasteiger partial charge in [-0.2, -0.15) is 0 Å². The summed E-state index contributed by atoms with van der Waals surface area (Å²) >= 11 is 0. The molecule has 1 aromatic rings. The highest BCUT2D eigenvalue weighted by Gasteiger charge is 2.33. The lowest BCUT2D eigenvalue weighted by Crippen LogP contribution is -2.43. The van der Waals surface area contributed by atoms with Gasteiger partial charge in [0, 0.05) is 12.3 Å². The fourth-order valence-electron chi connectivity index (χ4n) is 3.60. The first-order valence-corrected chi connectivity index (χ1v) is 10.7. The molecule has 0 heterocycles. The summed E-state index contributed by atoms with van der Waals surface area (Å²) in [6, 6.07) is 5.90. The van der Waals surface area contributed by atoms with E-state index in [0.717, 1.165) is 61.9 Å². The maximum absolute atomic E-state index is 12.9. The van der Waals surface area contributed by atoms with Crippen molar-refractivity contribution in [3.63, 3.8) is 0 Å². The zero-order valence-electron chi connectivity index (χ0n) is 17.6. The number of nitrogens with one attached hydrogen (secondary N) is 1. The predicted octanol–water partition coefficient (Wildman–Crippen LogP) is 6.02. The van der Waals surface area contributed by atoms with Crippen LogP contribution < -0.4 is 10.1 Å². The molecule has 1 amide bonds. The molecule has 0 aliphatic heterocycles. The van der Waals surface area contributed by atoms with Gasteiger partial charge in [0.2, 0.25) is 0 Å². The molecule has 27 heavy (non-hydrogen) atoms. The van der Waals surface area contributed by atoms with E-state index in [1.165, 1.54) is 12.8 Å². The van der Waals surface area contributed by atoms with Crippen LogP contribution in [0.4, 0.5) is 5.69 Å². The van der Waals surface area contributed by atoms with Gasteiger partial charge < -0.3 is 14.8 Å². The molecule has 1 aliphatic carbocycles. The normalized spacial score (nSPS) is 16.9. The van der Waals surface area contributed by atoms with E-state index in [0.29, 0.717) is 12.7 Å². The topological polar surface area (TPSA) is 47.6 Å². The smallest absolute Gasteiger partial charge is 0.256 e. The summed E-state index contributed by atoms with van der Waals surface area (Å²) in [7, 11) is 0. The summed E-state index contributed by atoms with van der Waals surface area (Å²) < 4.78 is 12.1. The zero-order chi connectivity index (χ0) is 19.7. The quantitative estimate of drug-likeness (QED) is 0.481. The monoisotopic (exact) mass is 375 g/mol. The average Bonchev–Trinajstić information content (AvgIpc) is 3.15. The van der Waals surface area contributed by atoms with Gasteiger partial charge in [-0.05, 0) is 76.1 Å². The van der Waals surface area contributed by atoms with Crippen LogP contribution in [-0.2, 0) is 9.53 Å². The standard InChI is InChI=1S/C23H37NO3/c1-5-7-10-15-23(4,26-16-6-2)22(25)24-19-13-14-21(18(3)17-19)27-20-11-8-9-12-20/h13-14,17,20H,5-12,15-16H2,1-4H3,(H,24,25)/t23-/m1/s1. The van der Waals surface area contributed by atoms with Crippen LogP contribution in [0, 0.1) is 6.92 Å². The van der Waals surface area contributed by atoms with Crippen LogP contribution in [0.3, 0.4) is 0 Å². The van der Waals surface area contributed by atoms with E-state index in [1.54, 1.807) is 0 Å². The molecule has 0 saturated heterocycles. The van der Waals surface area contributed by atoms with Gasteiger partial charge in [-0.1, -0.05) is 33.1 Å². The molecule has 1 fully saturated rings. The number of carbonyl (C=O) groups excluding carboxylic acids is 1. The Labute approximate surface area is 165 Å². The van der Waals surface area contributed by atoms with Crippen LogP contribution in [-0.4, -0.2) is 24.2 Å². The molecule has 4 heteroatoms. The third-order valence-corrected chi connectivity index (χ3v) is 5.39. The predicted molar refractivity (Wildman–Crippen MR) is 111 cm³/mol. The van der Waals surface area contributed by atoms with Crippen LogP contribution in [0.15, 0.2) is 18.2 Å². The molecule has 4 nitrogen and oxygen atoms in total. The second-order valence-corrected chi connectivity index (χ2v) is 8.00. The third kappa shape index (κ3) is 6.53. The maximum atomic E-state index is 12.9.